The number of piperazine rings is 1. The number of amides is 1. The van der Waals surface area contributed by atoms with Crippen LogP contribution >= 0.6 is 0 Å². The molecule has 0 unspecified atom stereocenters. The quantitative estimate of drug-likeness (QED) is 0.864. The number of carbonyl (C=O) groups is 1. The number of pyridine rings is 1. The average molecular weight is 352 g/mol. The topological polar surface area (TPSA) is 62.5 Å². The Morgan fingerprint density at radius 3 is 2.15 bits per heavy atom. The lowest BCUT2D eigenvalue weighted by Crippen LogP contribution is -2.48. The largest absolute Gasteiger partial charge is 0.367 e. The summed E-state index contributed by atoms with van der Waals surface area (Å²) in [7, 11) is 0. The number of hydrogen-bond acceptors (Lipinski definition) is 4. The van der Waals surface area contributed by atoms with Gasteiger partial charge in [-0.2, -0.15) is 0 Å². The minimum absolute atomic E-state index is 0.161. The highest BCUT2D eigenvalue weighted by Crippen LogP contribution is 2.16. The maximum absolute atomic E-state index is 11.4. The Balaban J connectivity index is 1.51. The summed E-state index contributed by atoms with van der Waals surface area (Å²) in [6.07, 6.45) is 4.83. The fourth-order valence-electron chi connectivity index (χ4n) is 3.34. The zero-order chi connectivity index (χ0) is 18.4. The molecule has 0 radical (unpaired) electrons. The number of benzene rings is 1. The second kappa shape index (κ2) is 8.81. The van der Waals surface area contributed by atoms with Gasteiger partial charge in [0.2, 0.25) is 5.91 Å². The molecule has 3 rings (SSSR count). The molecule has 0 aliphatic carbocycles. The minimum Gasteiger partial charge on any atom is -0.367 e. The van der Waals surface area contributed by atoms with E-state index in [9.17, 15) is 4.79 Å². The van der Waals surface area contributed by atoms with Crippen LogP contribution in [0.15, 0.2) is 42.6 Å². The first kappa shape index (κ1) is 18.4. The molecule has 1 aromatic heterocycles. The molecule has 1 fully saturated rings. The van der Waals surface area contributed by atoms with Crippen molar-refractivity contribution in [1.29, 1.82) is 0 Å². The number of anilines is 1. The van der Waals surface area contributed by atoms with Gasteiger partial charge in [-0.15, -0.1) is 0 Å². The second-order valence-electron chi connectivity index (χ2n) is 6.86. The van der Waals surface area contributed by atoms with E-state index in [1.54, 1.807) is 6.92 Å². The van der Waals surface area contributed by atoms with E-state index in [1.165, 1.54) is 11.1 Å². The van der Waals surface area contributed by atoms with E-state index < -0.39 is 0 Å². The van der Waals surface area contributed by atoms with Crippen LogP contribution in [0.5, 0.6) is 0 Å². The van der Waals surface area contributed by atoms with Crippen LogP contribution in [0.4, 0.5) is 5.69 Å². The number of hydrogen-bond donors (Lipinski definition) is 1. The molecule has 5 heteroatoms. The summed E-state index contributed by atoms with van der Waals surface area (Å²) in [5, 5.41) is 0. The van der Waals surface area contributed by atoms with Gasteiger partial charge in [0.1, 0.15) is 0 Å². The summed E-state index contributed by atoms with van der Waals surface area (Å²) in [5.74, 6) is 0.161. The lowest BCUT2D eigenvalue weighted by atomic mass is 10.0. The first-order valence-corrected chi connectivity index (χ1v) is 9.39. The van der Waals surface area contributed by atoms with Gasteiger partial charge in [0, 0.05) is 38.8 Å². The Hall–Kier alpha value is -2.40. The molecule has 0 bridgehead atoms. The van der Waals surface area contributed by atoms with E-state index in [1.807, 2.05) is 11.1 Å². The number of nitrogens with zero attached hydrogens (tertiary/aromatic N) is 3. The zero-order valence-corrected chi connectivity index (χ0v) is 15.5. The molecule has 26 heavy (non-hydrogen) atoms. The highest BCUT2D eigenvalue weighted by molar-refractivity contribution is 5.73. The molecule has 138 valence electrons. The molecule has 2 N–H and O–H groups in total. The van der Waals surface area contributed by atoms with Gasteiger partial charge in [0.25, 0.3) is 0 Å². The van der Waals surface area contributed by atoms with Crippen LogP contribution in [-0.2, 0) is 24.1 Å². The van der Waals surface area contributed by atoms with E-state index in [4.69, 9.17) is 5.73 Å². The average Bonchev–Trinajstić information content (AvgIpc) is 2.68. The molecule has 0 spiro atoms. The van der Waals surface area contributed by atoms with Gasteiger partial charge in [-0.3, -0.25) is 9.78 Å². The smallest absolute Gasteiger partial charge is 0.219 e. The van der Waals surface area contributed by atoms with Gasteiger partial charge in [-0.05, 0) is 49.1 Å². The predicted molar refractivity (Wildman–Crippen MR) is 105 cm³/mol. The molecule has 1 saturated heterocycles. The summed E-state index contributed by atoms with van der Waals surface area (Å²) in [5.41, 5.74) is 10.5. The van der Waals surface area contributed by atoms with E-state index >= 15 is 0 Å². The summed E-state index contributed by atoms with van der Waals surface area (Å²) in [6, 6.07) is 13.0. The number of carbonyl (C=O) groups excluding carboxylic acids is 1. The fourth-order valence-corrected chi connectivity index (χ4v) is 3.34. The summed E-state index contributed by atoms with van der Waals surface area (Å²) >= 11 is 0. The number of aryl methyl sites for hydroxylation is 2. The molecule has 2 aromatic rings. The Bertz CT molecular complexity index is 704. The van der Waals surface area contributed by atoms with Crippen molar-refractivity contribution >= 4 is 11.6 Å². The monoisotopic (exact) mass is 352 g/mol. The normalized spacial score (nSPS) is 14.5. The van der Waals surface area contributed by atoms with Crippen LogP contribution < -0.4 is 10.6 Å². The Labute approximate surface area is 155 Å². The van der Waals surface area contributed by atoms with Gasteiger partial charge < -0.3 is 15.5 Å². The Morgan fingerprint density at radius 1 is 0.962 bits per heavy atom. The molecule has 0 atom stereocenters. The van der Waals surface area contributed by atoms with E-state index in [2.05, 4.69) is 46.3 Å². The van der Waals surface area contributed by atoms with Crippen LogP contribution in [0.3, 0.4) is 0 Å². The number of rotatable bonds is 6. The third-order valence-corrected chi connectivity index (χ3v) is 5.03. The maximum atomic E-state index is 11.4. The highest BCUT2D eigenvalue weighted by Gasteiger charge is 2.18. The van der Waals surface area contributed by atoms with Crippen molar-refractivity contribution in [3.05, 3.63) is 59.4 Å². The van der Waals surface area contributed by atoms with Crippen molar-refractivity contribution in [3.8, 4) is 0 Å². The van der Waals surface area contributed by atoms with Crippen molar-refractivity contribution in [2.45, 2.75) is 26.2 Å². The van der Waals surface area contributed by atoms with Gasteiger partial charge in [-0.1, -0.05) is 24.3 Å². The van der Waals surface area contributed by atoms with Gasteiger partial charge in [0.05, 0.1) is 11.9 Å². The first-order chi connectivity index (χ1) is 12.7. The molecule has 1 amide bonds. The summed E-state index contributed by atoms with van der Waals surface area (Å²) in [4.78, 5) is 20.2. The van der Waals surface area contributed by atoms with Crippen LogP contribution in [-0.4, -0.2) is 48.5 Å². The standard InChI is InChI=1S/C21H28N4O/c1-17(26)24-12-14-25(15-13-24)21-9-8-20(23-16-21)7-6-18-2-4-19(5-3-18)10-11-22/h2-5,8-9,16H,6-7,10-15,22H2,1H3. The van der Waals surface area contributed by atoms with E-state index in [-0.39, 0.29) is 5.91 Å². The second-order valence-corrected chi connectivity index (χ2v) is 6.86. The highest BCUT2D eigenvalue weighted by atomic mass is 16.2. The van der Waals surface area contributed by atoms with Crippen molar-refractivity contribution in [2.75, 3.05) is 37.6 Å². The lowest BCUT2D eigenvalue weighted by molar-refractivity contribution is -0.129. The molecular weight excluding hydrogens is 324 g/mol. The summed E-state index contributed by atoms with van der Waals surface area (Å²) < 4.78 is 0. The third kappa shape index (κ3) is 4.82. The molecule has 1 aliphatic rings. The van der Waals surface area contributed by atoms with Crippen molar-refractivity contribution < 1.29 is 4.79 Å². The van der Waals surface area contributed by atoms with Gasteiger partial charge in [0.15, 0.2) is 0 Å². The number of aromatic nitrogens is 1. The van der Waals surface area contributed by atoms with Crippen LogP contribution in [0.25, 0.3) is 0 Å². The van der Waals surface area contributed by atoms with Gasteiger partial charge >= 0.3 is 0 Å². The Kier molecular flexibility index (Phi) is 6.23. The third-order valence-electron chi connectivity index (χ3n) is 5.03. The maximum Gasteiger partial charge on any atom is 0.219 e. The molecule has 1 aliphatic heterocycles. The molecule has 0 saturated carbocycles. The molecule has 5 nitrogen and oxygen atoms in total. The van der Waals surface area contributed by atoms with Crippen LogP contribution in [0, 0.1) is 0 Å². The fraction of sp³-hybridized carbons (Fsp3) is 0.429. The van der Waals surface area contributed by atoms with Crippen LogP contribution in [0.2, 0.25) is 0 Å². The summed E-state index contributed by atoms with van der Waals surface area (Å²) in [6.45, 7) is 5.65. The van der Waals surface area contributed by atoms with E-state index in [0.717, 1.165) is 56.8 Å². The SMILES string of the molecule is CC(=O)N1CCN(c2ccc(CCc3ccc(CCN)cc3)nc2)CC1. The Morgan fingerprint density at radius 2 is 1.62 bits per heavy atom. The molecule has 2 heterocycles. The van der Waals surface area contributed by atoms with Gasteiger partial charge in [-0.25, -0.2) is 0 Å². The number of nitrogens with two attached hydrogens (primary N) is 1. The lowest BCUT2D eigenvalue weighted by Gasteiger charge is -2.35. The first-order valence-electron chi connectivity index (χ1n) is 9.39. The predicted octanol–water partition coefficient (Wildman–Crippen LogP) is 2.04. The molecular formula is C21H28N4O. The van der Waals surface area contributed by atoms with Crippen molar-refractivity contribution in [3.63, 3.8) is 0 Å². The van der Waals surface area contributed by atoms with Crippen LogP contribution in [0.1, 0.15) is 23.7 Å². The van der Waals surface area contributed by atoms with E-state index in [0.29, 0.717) is 6.54 Å². The van der Waals surface area contributed by atoms with Crippen molar-refractivity contribution in [1.82, 2.24) is 9.88 Å². The zero-order valence-electron chi connectivity index (χ0n) is 15.5. The molecule has 1 aromatic carbocycles. The minimum atomic E-state index is 0.161. The van der Waals surface area contributed by atoms with Crippen molar-refractivity contribution in [2.24, 2.45) is 5.73 Å².